The number of nitrogens with one attached hydrogen (secondary N) is 3. The number of rotatable bonds is 14. The van der Waals surface area contributed by atoms with E-state index < -0.39 is 66.8 Å². The molecule has 0 radical (unpaired) electrons. The average Bonchev–Trinajstić information content (AvgIpc) is 2.88. The molecule has 2 aromatic rings. The Labute approximate surface area is 223 Å². The number of benzene rings is 2. The summed E-state index contributed by atoms with van der Waals surface area (Å²) in [6.45, 7) is -0.705. The van der Waals surface area contributed by atoms with Crippen molar-refractivity contribution in [3.8, 4) is 11.5 Å². The fraction of sp³-hybridized carbons (Fsp3) is 0.320. The van der Waals surface area contributed by atoms with Crippen molar-refractivity contribution in [3.05, 3.63) is 59.7 Å². The third kappa shape index (κ3) is 9.94. The second-order valence-corrected chi connectivity index (χ2v) is 8.72. The third-order valence-electron chi connectivity index (χ3n) is 5.57. The van der Waals surface area contributed by atoms with E-state index in [1.165, 1.54) is 48.5 Å². The Morgan fingerprint density at radius 2 is 1.10 bits per heavy atom. The molecule has 0 spiro atoms. The summed E-state index contributed by atoms with van der Waals surface area (Å²) < 4.78 is 0. The van der Waals surface area contributed by atoms with Gasteiger partial charge in [-0.3, -0.25) is 19.2 Å². The van der Waals surface area contributed by atoms with Crippen molar-refractivity contribution in [2.75, 3.05) is 6.61 Å². The van der Waals surface area contributed by atoms with Crippen LogP contribution >= 0.6 is 0 Å². The minimum absolute atomic E-state index is 0.0345. The number of aliphatic hydroxyl groups is 1. The van der Waals surface area contributed by atoms with E-state index in [4.69, 9.17) is 16.6 Å². The number of phenolic OH excluding ortho intramolecular Hbond substituents is 2. The largest absolute Gasteiger partial charge is 0.508 e. The number of phenols is 2. The topological polar surface area (TPSA) is 254 Å². The van der Waals surface area contributed by atoms with E-state index >= 15 is 0 Å². The molecule has 0 saturated heterocycles. The molecule has 0 heterocycles. The van der Waals surface area contributed by atoms with Gasteiger partial charge in [-0.25, -0.2) is 4.79 Å². The Balaban J connectivity index is 2.23. The number of amides is 4. The van der Waals surface area contributed by atoms with Crippen molar-refractivity contribution in [1.29, 1.82) is 0 Å². The molecule has 2 rings (SSSR count). The molecule has 210 valence electrons. The summed E-state index contributed by atoms with van der Waals surface area (Å²) in [4.78, 5) is 61.8. The maximum Gasteiger partial charge on any atom is 0.326 e. The first-order chi connectivity index (χ1) is 18.4. The van der Waals surface area contributed by atoms with Crippen molar-refractivity contribution in [2.24, 2.45) is 11.5 Å². The second-order valence-electron chi connectivity index (χ2n) is 8.72. The summed E-state index contributed by atoms with van der Waals surface area (Å²) in [6.07, 6.45) is -0.976. The number of carbonyl (C=O) groups is 5. The second kappa shape index (κ2) is 14.3. The number of carboxylic acids is 1. The zero-order valence-corrected chi connectivity index (χ0v) is 20.7. The summed E-state index contributed by atoms with van der Waals surface area (Å²) in [5.74, 6) is -5.24. The number of nitrogens with two attached hydrogens (primary N) is 2. The van der Waals surface area contributed by atoms with Gasteiger partial charge in [0.2, 0.25) is 23.6 Å². The lowest BCUT2D eigenvalue weighted by molar-refractivity contribution is -0.142. The average molecular weight is 546 g/mol. The van der Waals surface area contributed by atoms with E-state index in [9.17, 15) is 39.3 Å². The molecule has 2 aromatic carbocycles. The minimum atomic E-state index is -1.59. The Bertz CT molecular complexity index is 1170. The molecule has 0 fully saturated rings. The lowest BCUT2D eigenvalue weighted by Gasteiger charge is -2.25. The highest BCUT2D eigenvalue weighted by Gasteiger charge is 2.31. The van der Waals surface area contributed by atoms with Gasteiger partial charge in [-0.1, -0.05) is 24.3 Å². The SMILES string of the molecule is NC(=O)CC(NC(=O)C(Cc1ccc(O)cc1)NC(=O)C(N)CO)C(=O)NC(Cc1ccc(O)cc1)C(=O)O. The molecule has 39 heavy (non-hydrogen) atoms. The first-order valence-electron chi connectivity index (χ1n) is 11.7. The predicted molar refractivity (Wildman–Crippen MR) is 136 cm³/mol. The fourth-order valence-electron chi connectivity index (χ4n) is 3.46. The van der Waals surface area contributed by atoms with Crippen LogP contribution in [0.1, 0.15) is 17.5 Å². The van der Waals surface area contributed by atoms with Crippen LogP contribution in [-0.4, -0.2) is 80.8 Å². The predicted octanol–water partition coefficient (Wildman–Crippen LogP) is -2.38. The van der Waals surface area contributed by atoms with Crippen LogP contribution in [0.4, 0.5) is 0 Å². The third-order valence-corrected chi connectivity index (χ3v) is 5.57. The maximum atomic E-state index is 13.1. The number of primary amides is 1. The van der Waals surface area contributed by atoms with Gasteiger partial charge >= 0.3 is 5.97 Å². The molecule has 4 unspecified atom stereocenters. The monoisotopic (exact) mass is 545 g/mol. The molecule has 14 nitrogen and oxygen atoms in total. The van der Waals surface area contributed by atoms with Crippen molar-refractivity contribution in [3.63, 3.8) is 0 Å². The molecule has 0 bridgehead atoms. The molecule has 4 amide bonds. The number of carboxylic acid groups (broad SMARTS) is 1. The Hall–Kier alpha value is -4.69. The van der Waals surface area contributed by atoms with Crippen molar-refractivity contribution < 1.29 is 44.4 Å². The lowest BCUT2D eigenvalue weighted by atomic mass is 10.0. The van der Waals surface area contributed by atoms with Crippen LogP contribution in [0, 0.1) is 0 Å². The van der Waals surface area contributed by atoms with Gasteiger partial charge < -0.3 is 47.8 Å². The van der Waals surface area contributed by atoms with Crippen LogP contribution in [0.25, 0.3) is 0 Å². The Morgan fingerprint density at radius 3 is 1.54 bits per heavy atom. The van der Waals surface area contributed by atoms with Crippen molar-refractivity contribution in [1.82, 2.24) is 16.0 Å². The molecule has 14 heteroatoms. The molecule has 0 aliphatic rings. The molecular formula is C25H31N5O9. The molecular weight excluding hydrogens is 514 g/mol. The highest BCUT2D eigenvalue weighted by Crippen LogP contribution is 2.13. The van der Waals surface area contributed by atoms with Gasteiger partial charge in [0.05, 0.1) is 13.0 Å². The van der Waals surface area contributed by atoms with E-state index in [0.29, 0.717) is 11.1 Å². The first kappa shape index (κ1) is 30.5. The number of hydrogen-bond acceptors (Lipinski definition) is 9. The zero-order chi connectivity index (χ0) is 29.1. The summed E-state index contributed by atoms with van der Waals surface area (Å²) >= 11 is 0. The highest BCUT2D eigenvalue weighted by atomic mass is 16.4. The molecule has 0 saturated carbocycles. The van der Waals surface area contributed by atoms with Gasteiger partial charge in [-0.05, 0) is 35.4 Å². The van der Waals surface area contributed by atoms with Crippen molar-refractivity contribution in [2.45, 2.75) is 43.4 Å². The van der Waals surface area contributed by atoms with E-state index in [2.05, 4.69) is 16.0 Å². The van der Waals surface area contributed by atoms with Crippen LogP contribution in [-0.2, 0) is 36.8 Å². The molecule has 0 aliphatic heterocycles. The van der Waals surface area contributed by atoms with E-state index in [1.807, 2.05) is 0 Å². The van der Waals surface area contributed by atoms with Crippen LogP contribution < -0.4 is 27.4 Å². The summed E-state index contributed by atoms with van der Waals surface area (Å²) in [6, 6.07) is 5.58. The molecule has 4 atom stereocenters. The summed E-state index contributed by atoms with van der Waals surface area (Å²) in [7, 11) is 0. The number of aliphatic hydroxyl groups excluding tert-OH is 1. The minimum Gasteiger partial charge on any atom is -0.508 e. The number of aliphatic carboxylic acids is 1. The van der Waals surface area contributed by atoms with Gasteiger partial charge in [0.15, 0.2) is 0 Å². The molecule has 0 aliphatic carbocycles. The Morgan fingerprint density at radius 1 is 0.692 bits per heavy atom. The maximum absolute atomic E-state index is 13.1. The molecule has 11 N–H and O–H groups in total. The standard InChI is InChI=1S/C25H31N5O9/c26-17(12-31)22(35)28-18(9-13-1-5-15(32)6-2-13)23(36)29-19(11-21(27)34)24(37)30-20(25(38)39)10-14-3-7-16(33)8-4-14/h1-8,17-20,31-33H,9-12,26H2,(H2,27,34)(H,28,35)(H,29,36)(H,30,37)(H,38,39). The van der Waals surface area contributed by atoms with Crippen LogP contribution in [0.15, 0.2) is 48.5 Å². The van der Waals surface area contributed by atoms with Gasteiger partial charge in [-0.15, -0.1) is 0 Å². The Kier molecular flexibility index (Phi) is 11.2. The summed E-state index contributed by atoms with van der Waals surface area (Å²) in [5, 5.41) is 44.6. The van der Waals surface area contributed by atoms with Gasteiger partial charge in [0.1, 0.15) is 35.7 Å². The van der Waals surface area contributed by atoms with E-state index in [-0.39, 0.29) is 24.3 Å². The van der Waals surface area contributed by atoms with Crippen LogP contribution in [0.5, 0.6) is 11.5 Å². The van der Waals surface area contributed by atoms with Gasteiger partial charge in [0, 0.05) is 12.8 Å². The zero-order valence-electron chi connectivity index (χ0n) is 20.7. The lowest BCUT2D eigenvalue weighted by Crippen LogP contribution is -2.58. The number of carbonyl (C=O) groups excluding carboxylic acids is 4. The number of hydrogen-bond donors (Lipinski definition) is 9. The quantitative estimate of drug-likeness (QED) is 0.122. The van der Waals surface area contributed by atoms with Gasteiger partial charge in [0.25, 0.3) is 0 Å². The normalized spacial score (nSPS) is 13.8. The van der Waals surface area contributed by atoms with Crippen LogP contribution in [0.3, 0.4) is 0 Å². The highest BCUT2D eigenvalue weighted by molar-refractivity contribution is 5.96. The van der Waals surface area contributed by atoms with Crippen molar-refractivity contribution >= 4 is 29.6 Å². The summed E-state index contributed by atoms with van der Waals surface area (Å²) in [5.41, 5.74) is 11.7. The van der Waals surface area contributed by atoms with E-state index in [0.717, 1.165) is 0 Å². The smallest absolute Gasteiger partial charge is 0.326 e. The number of aromatic hydroxyl groups is 2. The van der Waals surface area contributed by atoms with Crippen LogP contribution in [0.2, 0.25) is 0 Å². The van der Waals surface area contributed by atoms with E-state index in [1.54, 1.807) is 0 Å². The fourth-order valence-corrected chi connectivity index (χ4v) is 3.46. The van der Waals surface area contributed by atoms with Gasteiger partial charge in [-0.2, -0.15) is 0 Å². The first-order valence-corrected chi connectivity index (χ1v) is 11.7. The molecule has 0 aromatic heterocycles.